The second kappa shape index (κ2) is 5.69. The van der Waals surface area contributed by atoms with Crippen molar-refractivity contribution < 1.29 is 14.8 Å². The van der Waals surface area contributed by atoms with Gasteiger partial charge in [0.2, 0.25) is 0 Å². The van der Waals surface area contributed by atoms with Gasteiger partial charge in [0.05, 0.1) is 10.8 Å². The molecule has 102 valence electrons. The Labute approximate surface area is 110 Å². The number of nitro groups is 1. The van der Waals surface area contributed by atoms with Crippen LogP contribution >= 0.6 is 0 Å². The van der Waals surface area contributed by atoms with Crippen LogP contribution in [0.1, 0.15) is 25.7 Å². The minimum Gasteiger partial charge on any atom is -0.481 e. The van der Waals surface area contributed by atoms with Gasteiger partial charge in [-0.05, 0) is 25.3 Å². The second-order valence-electron chi connectivity index (χ2n) is 4.82. The summed E-state index contributed by atoms with van der Waals surface area (Å²) in [6.07, 6.45) is 2.87. The number of nitrogens with zero attached hydrogens (tertiary/aromatic N) is 1. The van der Waals surface area contributed by atoms with Crippen LogP contribution in [-0.2, 0) is 4.79 Å². The van der Waals surface area contributed by atoms with E-state index in [1.54, 1.807) is 18.2 Å². The number of nitro benzene ring substituents is 1. The summed E-state index contributed by atoms with van der Waals surface area (Å²) in [4.78, 5) is 21.5. The summed E-state index contributed by atoms with van der Waals surface area (Å²) in [7, 11) is 0. The average Bonchev–Trinajstić information content (AvgIpc) is 2.39. The molecule has 0 radical (unpaired) electrons. The molecule has 2 N–H and O–H groups in total. The summed E-state index contributed by atoms with van der Waals surface area (Å²) in [6.45, 7) is 0. The molecule has 0 spiro atoms. The summed E-state index contributed by atoms with van der Waals surface area (Å²) in [5.74, 6) is -1.14. The molecule has 1 aliphatic rings. The van der Waals surface area contributed by atoms with Crippen molar-refractivity contribution in [2.45, 2.75) is 31.7 Å². The number of nitrogens with one attached hydrogen (secondary N) is 1. The molecular weight excluding hydrogens is 248 g/mol. The van der Waals surface area contributed by atoms with E-state index in [1.807, 2.05) is 0 Å². The zero-order valence-electron chi connectivity index (χ0n) is 10.4. The van der Waals surface area contributed by atoms with Crippen LogP contribution in [0.4, 0.5) is 11.4 Å². The van der Waals surface area contributed by atoms with E-state index < -0.39 is 10.9 Å². The molecule has 1 aromatic carbocycles. The lowest BCUT2D eigenvalue weighted by molar-refractivity contribution is -0.384. The normalized spacial score (nSPS) is 22.7. The van der Waals surface area contributed by atoms with Gasteiger partial charge >= 0.3 is 5.97 Å². The third-order valence-corrected chi connectivity index (χ3v) is 3.48. The summed E-state index contributed by atoms with van der Waals surface area (Å²) in [6, 6.07) is 6.43. The van der Waals surface area contributed by atoms with Crippen molar-refractivity contribution in [3.63, 3.8) is 0 Å². The topological polar surface area (TPSA) is 92.5 Å². The minimum absolute atomic E-state index is 0.0176. The lowest BCUT2D eigenvalue weighted by Gasteiger charge is -2.27. The number of benzene rings is 1. The molecule has 6 heteroatoms. The Hall–Kier alpha value is -2.11. The SMILES string of the molecule is O=C(O)C1CCCC(Nc2ccccc2[N+](=O)[O-])C1. The van der Waals surface area contributed by atoms with E-state index in [0.29, 0.717) is 18.5 Å². The largest absolute Gasteiger partial charge is 0.481 e. The van der Waals surface area contributed by atoms with Gasteiger partial charge in [0.15, 0.2) is 0 Å². The standard InChI is InChI=1S/C13H16N2O4/c16-13(17)9-4-3-5-10(8-9)14-11-6-1-2-7-12(11)15(18)19/h1-2,6-7,9-10,14H,3-5,8H2,(H,16,17). The van der Waals surface area contributed by atoms with E-state index in [0.717, 1.165) is 12.8 Å². The first kappa shape index (κ1) is 13.3. The number of hydrogen-bond acceptors (Lipinski definition) is 4. The van der Waals surface area contributed by atoms with Crippen molar-refractivity contribution in [1.82, 2.24) is 0 Å². The Balaban J connectivity index is 2.09. The van der Waals surface area contributed by atoms with E-state index in [-0.39, 0.29) is 17.6 Å². The van der Waals surface area contributed by atoms with E-state index in [4.69, 9.17) is 5.11 Å². The molecule has 1 saturated carbocycles. The van der Waals surface area contributed by atoms with Crippen LogP contribution in [-0.4, -0.2) is 22.0 Å². The molecule has 0 aromatic heterocycles. The van der Waals surface area contributed by atoms with Crippen LogP contribution in [0, 0.1) is 16.0 Å². The maximum Gasteiger partial charge on any atom is 0.306 e. The molecule has 0 saturated heterocycles. The summed E-state index contributed by atoms with van der Waals surface area (Å²) in [5, 5.41) is 23.0. The van der Waals surface area contributed by atoms with E-state index in [2.05, 4.69) is 5.32 Å². The molecule has 1 fully saturated rings. The maximum atomic E-state index is 11.0. The first-order valence-corrected chi connectivity index (χ1v) is 6.30. The van der Waals surface area contributed by atoms with Crippen LogP contribution in [0.2, 0.25) is 0 Å². The van der Waals surface area contributed by atoms with Gasteiger partial charge in [-0.1, -0.05) is 18.6 Å². The van der Waals surface area contributed by atoms with Crippen molar-refractivity contribution in [2.75, 3.05) is 5.32 Å². The van der Waals surface area contributed by atoms with Gasteiger partial charge in [-0.3, -0.25) is 14.9 Å². The second-order valence-corrected chi connectivity index (χ2v) is 4.82. The summed E-state index contributed by atoms with van der Waals surface area (Å²) in [5.41, 5.74) is 0.489. The number of carboxylic acid groups (broad SMARTS) is 1. The van der Waals surface area contributed by atoms with Gasteiger partial charge < -0.3 is 10.4 Å². The highest BCUT2D eigenvalue weighted by Gasteiger charge is 2.27. The lowest BCUT2D eigenvalue weighted by Crippen LogP contribution is -2.31. The molecule has 19 heavy (non-hydrogen) atoms. The van der Waals surface area contributed by atoms with Crippen LogP contribution < -0.4 is 5.32 Å². The zero-order valence-corrected chi connectivity index (χ0v) is 10.4. The Morgan fingerprint density at radius 3 is 2.79 bits per heavy atom. The molecule has 6 nitrogen and oxygen atoms in total. The smallest absolute Gasteiger partial charge is 0.306 e. The number of rotatable bonds is 4. The van der Waals surface area contributed by atoms with Crippen molar-refractivity contribution in [3.05, 3.63) is 34.4 Å². The van der Waals surface area contributed by atoms with Crippen LogP contribution in [0.25, 0.3) is 0 Å². The third-order valence-electron chi connectivity index (χ3n) is 3.48. The molecule has 2 atom stereocenters. The monoisotopic (exact) mass is 264 g/mol. The quantitative estimate of drug-likeness (QED) is 0.644. The Morgan fingerprint density at radius 1 is 1.37 bits per heavy atom. The summed E-state index contributed by atoms with van der Waals surface area (Å²) >= 11 is 0. The van der Waals surface area contributed by atoms with Gasteiger partial charge in [0.1, 0.15) is 5.69 Å². The number of para-hydroxylation sites is 2. The fraction of sp³-hybridized carbons (Fsp3) is 0.462. The lowest BCUT2D eigenvalue weighted by atomic mass is 9.85. The van der Waals surface area contributed by atoms with Gasteiger partial charge in [0.25, 0.3) is 5.69 Å². The van der Waals surface area contributed by atoms with Gasteiger partial charge in [-0.2, -0.15) is 0 Å². The Bertz CT molecular complexity index is 489. The van der Waals surface area contributed by atoms with Crippen molar-refractivity contribution in [1.29, 1.82) is 0 Å². The van der Waals surface area contributed by atoms with Crippen molar-refractivity contribution in [3.8, 4) is 0 Å². The number of carbonyl (C=O) groups is 1. The third kappa shape index (κ3) is 3.21. The predicted molar refractivity (Wildman–Crippen MR) is 70.1 cm³/mol. The van der Waals surface area contributed by atoms with Crippen molar-refractivity contribution in [2.24, 2.45) is 5.92 Å². The minimum atomic E-state index is -0.783. The number of carboxylic acids is 1. The first-order valence-electron chi connectivity index (χ1n) is 6.30. The number of aliphatic carboxylic acids is 1. The highest BCUT2D eigenvalue weighted by Crippen LogP contribution is 2.30. The highest BCUT2D eigenvalue weighted by molar-refractivity contribution is 5.70. The van der Waals surface area contributed by atoms with Crippen LogP contribution in [0.5, 0.6) is 0 Å². The fourth-order valence-electron chi connectivity index (χ4n) is 2.52. The molecule has 1 aliphatic carbocycles. The van der Waals surface area contributed by atoms with Crippen LogP contribution in [0.3, 0.4) is 0 Å². The Kier molecular flexibility index (Phi) is 3.99. The molecule has 0 bridgehead atoms. The van der Waals surface area contributed by atoms with Crippen LogP contribution in [0.15, 0.2) is 24.3 Å². The first-order chi connectivity index (χ1) is 9.08. The van der Waals surface area contributed by atoms with E-state index in [9.17, 15) is 14.9 Å². The molecule has 0 heterocycles. The average molecular weight is 264 g/mol. The molecule has 2 rings (SSSR count). The highest BCUT2D eigenvalue weighted by atomic mass is 16.6. The summed E-state index contributed by atoms with van der Waals surface area (Å²) < 4.78 is 0. The molecular formula is C13H16N2O4. The number of anilines is 1. The van der Waals surface area contributed by atoms with Crippen molar-refractivity contribution >= 4 is 17.3 Å². The predicted octanol–water partition coefficient (Wildman–Crippen LogP) is 2.65. The molecule has 0 aliphatic heterocycles. The molecule has 2 unspecified atom stereocenters. The van der Waals surface area contributed by atoms with Gasteiger partial charge in [0, 0.05) is 12.1 Å². The Morgan fingerprint density at radius 2 is 2.11 bits per heavy atom. The fourth-order valence-corrected chi connectivity index (χ4v) is 2.52. The number of hydrogen-bond donors (Lipinski definition) is 2. The maximum absolute atomic E-state index is 11.0. The van der Waals surface area contributed by atoms with E-state index >= 15 is 0 Å². The van der Waals surface area contributed by atoms with Gasteiger partial charge in [-0.25, -0.2) is 0 Å². The van der Waals surface area contributed by atoms with E-state index in [1.165, 1.54) is 6.07 Å². The van der Waals surface area contributed by atoms with Gasteiger partial charge in [-0.15, -0.1) is 0 Å². The molecule has 1 aromatic rings. The zero-order chi connectivity index (χ0) is 13.8. The molecule has 0 amide bonds.